The van der Waals surface area contributed by atoms with E-state index in [0.29, 0.717) is 19.5 Å². The average Bonchev–Trinajstić information content (AvgIpc) is 2.27. The second kappa shape index (κ2) is 6.55. The summed E-state index contributed by atoms with van der Waals surface area (Å²) in [7, 11) is 0. The van der Waals surface area contributed by atoms with E-state index in [1.807, 2.05) is 6.92 Å². The molecule has 0 aliphatic rings. The van der Waals surface area contributed by atoms with Gasteiger partial charge in [-0.05, 0) is 25.1 Å². The van der Waals surface area contributed by atoms with Gasteiger partial charge < -0.3 is 10.6 Å². The van der Waals surface area contributed by atoms with E-state index in [9.17, 15) is 8.78 Å². The molecule has 0 amide bonds. The lowest BCUT2D eigenvalue weighted by atomic mass is 10.1. The predicted octanol–water partition coefficient (Wildman–Crippen LogP) is 1.79. The zero-order valence-corrected chi connectivity index (χ0v) is 9.55. The maximum absolute atomic E-state index is 13.3. The van der Waals surface area contributed by atoms with Gasteiger partial charge in [-0.3, -0.25) is 0 Å². The van der Waals surface area contributed by atoms with Gasteiger partial charge in [0.1, 0.15) is 11.6 Å². The molecule has 0 unspecified atom stereocenters. The van der Waals surface area contributed by atoms with Crippen molar-refractivity contribution in [2.24, 2.45) is 5.73 Å². The minimum Gasteiger partial charge on any atom is -0.329 e. The molecule has 0 aliphatic carbocycles. The SMILES string of the molecule is CCN(CCN)CCc1c(F)cccc1F. The van der Waals surface area contributed by atoms with Crippen molar-refractivity contribution in [1.82, 2.24) is 4.90 Å². The molecule has 0 bridgehead atoms. The number of hydrogen-bond acceptors (Lipinski definition) is 2. The van der Waals surface area contributed by atoms with E-state index < -0.39 is 11.6 Å². The van der Waals surface area contributed by atoms with Crippen molar-refractivity contribution in [1.29, 1.82) is 0 Å². The third-order valence-corrected chi connectivity index (χ3v) is 2.63. The summed E-state index contributed by atoms with van der Waals surface area (Å²) < 4.78 is 26.6. The molecule has 0 aliphatic heterocycles. The Morgan fingerprint density at radius 2 is 1.81 bits per heavy atom. The van der Waals surface area contributed by atoms with Crippen LogP contribution in [0.15, 0.2) is 18.2 Å². The lowest BCUT2D eigenvalue weighted by molar-refractivity contribution is 0.297. The van der Waals surface area contributed by atoms with E-state index in [4.69, 9.17) is 5.73 Å². The van der Waals surface area contributed by atoms with Crippen LogP contribution < -0.4 is 5.73 Å². The number of benzene rings is 1. The van der Waals surface area contributed by atoms with Crippen LogP contribution in [0.1, 0.15) is 12.5 Å². The monoisotopic (exact) mass is 228 g/mol. The molecule has 1 aromatic carbocycles. The van der Waals surface area contributed by atoms with Crippen molar-refractivity contribution in [2.75, 3.05) is 26.2 Å². The summed E-state index contributed by atoms with van der Waals surface area (Å²) >= 11 is 0. The molecular formula is C12H18F2N2. The number of nitrogens with zero attached hydrogens (tertiary/aromatic N) is 1. The van der Waals surface area contributed by atoms with Gasteiger partial charge in [-0.2, -0.15) is 0 Å². The van der Waals surface area contributed by atoms with Gasteiger partial charge in [-0.25, -0.2) is 8.78 Å². The lowest BCUT2D eigenvalue weighted by Gasteiger charge is -2.19. The number of nitrogens with two attached hydrogens (primary N) is 1. The normalized spacial score (nSPS) is 11.1. The molecule has 4 heteroatoms. The second-order valence-corrected chi connectivity index (χ2v) is 3.67. The first kappa shape index (κ1) is 13.1. The van der Waals surface area contributed by atoms with E-state index in [2.05, 4.69) is 4.90 Å². The summed E-state index contributed by atoms with van der Waals surface area (Å²) in [6.07, 6.45) is 0.381. The van der Waals surface area contributed by atoms with Crippen LogP contribution in [0, 0.1) is 11.6 Å². The second-order valence-electron chi connectivity index (χ2n) is 3.67. The van der Waals surface area contributed by atoms with E-state index in [1.54, 1.807) is 0 Å². The molecule has 16 heavy (non-hydrogen) atoms. The molecule has 0 saturated heterocycles. The van der Waals surface area contributed by atoms with E-state index >= 15 is 0 Å². The summed E-state index contributed by atoms with van der Waals surface area (Å²) in [5.74, 6) is -0.937. The van der Waals surface area contributed by atoms with Crippen LogP contribution in [-0.4, -0.2) is 31.1 Å². The minimum absolute atomic E-state index is 0.165. The topological polar surface area (TPSA) is 29.3 Å². The van der Waals surface area contributed by atoms with Crippen molar-refractivity contribution in [3.8, 4) is 0 Å². The molecule has 2 N–H and O–H groups in total. The van der Waals surface area contributed by atoms with Crippen LogP contribution in [0.4, 0.5) is 8.78 Å². The Labute approximate surface area is 95.1 Å². The smallest absolute Gasteiger partial charge is 0.129 e. The van der Waals surface area contributed by atoms with Crippen molar-refractivity contribution in [3.63, 3.8) is 0 Å². The quantitative estimate of drug-likeness (QED) is 0.804. The maximum Gasteiger partial charge on any atom is 0.129 e. The average molecular weight is 228 g/mol. The van der Waals surface area contributed by atoms with Crippen LogP contribution in [0.25, 0.3) is 0 Å². The van der Waals surface area contributed by atoms with Gasteiger partial charge in [0.25, 0.3) is 0 Å². The van der Waals surface area contributed by atoms with Gasteiger partial charge in [0.2, 0.25) is 0 Å². The summed E-state index contributed by atoms with van der Waals surface area (Å²) in [5, 5.41) is 0. The highest BCUT2D eigenvalue weighted by Crippen LogP contribution is 2.12. The molecule has 0 fully saturated rings. The largest absolute Gasteiger partial charge is 0.329 e. The van der Waals surface area contributed by atoms with Crippen molar-refractivity contribution in [2.45, 2.75) is 13.3 Å². The Balaban J connectivity index is 2.59. The fourth-order valence-electron chi connectivity index (χ4n) is 1.65. The van der Waals surface area contributed by atoms with Crippen LogP contribution >= 0.6 is 0 Å². The molecule has 0 spiro atoms. The van der Waals surface area contributed by atoms with Crippen molar-refractivity contribution < 1.29 is 8.78 Å². The molecule has 0 aromatic heterocycles. The molecule has 0 saturated carbocycles. The Morgan fingerprint density at radius 3 is 2.31 bits per heavy atom. The lowest BCUT2D eigenvalue weighted by Crippen LogP contribution is -2.31. The zero-order valence-electron chi connectivity index (χ0n) is 9.55. The van der Waals surface area contributed by atoms with Gasteiger partial charge in [-0.15, -0.1) is 0 Å². The predicted molar refractivity (Wildman–Crippen MR) is 61.2 cm³/mol. The summed E-state index contributed by atoms with van der Waals surface area (Å²) in [6, 6.07) is 3.96. The Hall–Kier alpha value is -1.00. The van der Waals surface area contributed by atoms with Gasteiger partial charge in [-0.1, -0.05) is 13.0 Å². The molecule has 0 radical (unpaired) electrons. The number of hydrogen-bond donors (Lipinski definition) is 1. The molecular weight excluding hydrogens is 210 g/mol. The van der Waals surface area contributed by atoms with Gasteiger partial charge in [0.05, 0.1) is 0 Å². The van der Waals surface area contributed by atoms with Crippen molar-refractivity contribution in [3.05, 3.63) is 35.4 Å². The highest BCUT2D eigenvalue weighted by atomic mass is 19.1. The molecule has 90 valence electrons. The number of halogens is 2. The van der Waals surface area contributed by atoms with Gasteiger partial charge in [0, 0.05) is 25.2 Å². The Morgan fingerprint density at radius 1 is 1.19 bits per heavy atom. The summed E-state index contributed by atoms with van der Waals surface area (Å²) in [4.78, 5) is 2.08. The third-order valence-electron chi connectivity index (χ3n) is 2.63. The van der Waals surface area contributed by atoms with Crippen LogP contribution in [0.5, 0.6) is 0 Å². The molecule has 1 aromatic rings. The summed E-state index contributed by atoms with van der Waals surface area (Å²) in [6.45, 7) is 4.80. The minimum atomic E-state index is -0.469. The standard InChI is InChI=1S/C12H18F2N2/c1-2-16(9-7-15)8-6-10-11(13)4-3-5-12(10)14/h3-5H,2,6-9,15H2,1H3. The summed E-state index contributed by atoms with van der Waals surface area (Å²) in [5.41, 5.74) is 5.61. The maximum atomic E-state index is 13.3. The van der Waals surface area contributed by atoms with Crippen molar-refractivity contribution >= 4 is 0 Å². The van der Waals surface area contributed by atoms with E-state index in [-0.39, 0.29) is 5.56 Å². The first-order chi connectivity index (χ1) is 7.69. The first-order valence-electron chi connectivity index (χ1n) is 5.54. The Bertz CT molecular complexity index is 309. The fourth-order valence-corrected chi connectivity index (χ4v) is 1.65. The van der Waals surface area contributed by atoms with E-state index in [0.717, 1.165) is 13.1 Å². The van der Waals surface area contributed by atoms with Crippen LogP contribution in [-0.2, 0) is 6.42 Å². The number of rotatable bonds is 6. The fraction of sp³-hybridized carbons (Fsp3) is 0.500. The first-order valence-corrected chi connectivity index (χ1v) is 5.54. The van der Waals surface area contributed by atoms with Gasteiger partial charge >= 0.3 is 0 Å². The Kier molecular flexibility index (Phi) is 5.35. The highest BCUT2D eigenvalue weighted by molar-refractivity contribution is 5.19. The molecule has 0 heterocycles. The molecule has 1 rings (SSSR count). The highest BCUT2D eigenvalue weighted by Gasteiger charge is 2.09. The van der Waals surface area contributed by atoms with Crippen LogP contribution in [0.2, 0.25) is 0 Å². The van der Waals surface area contributed by atoms with E-state index in [1.165, 1.54) is 18.2 Å². The number of likely N-dealkylation sites (N-methyl/N-ethyl adjacent to an activating group) is 1. The van der Waals surface area contributed by atoms with Crippen LogP contribution in [0.3, 0.4) is 0 Å². The zero-order chi connectivity index (χ0) is 12.0. The molecule has 0 atom stereocenters. The van der Waals surface area contributed by atoms with Gasteiger partial charge in [0.15, 0.2) is 0 Å². The third kappa shape index (κ3) is 3.54. The molecule has 2 nitrogen and oxygen atoms in total.